The average Bonchev–Trinajstić information content (AvgIpc) is 3.39. The molecular weight excluding hydrogens is 490 g/mol. The molecule has 1 amide bonds. The molecule has 0 unspecified atom stereocenters. The summed E-state index contributed by atoms with van der Waals surface area (Å²) < 4.78 is 42.0. The number of carbonyl (C=O) groups excluding carboxylic acids is 1. The lowest BCUT2D eigenvalue weighted by Crippen LogP contribution is -2.40. The Morgan fingerprint density at radius 2 is 1.46 bits per heavy atom. The van der Waals surface area contributed by atoms with Crippen LogP contribution in [0.2, 0.25) is 0 Å². The summed E-state index contributed by atoms with van der Waals surface area (Å²) in [6.45, 7) is 4.66. The molecule has 0 spiro atoms. The quantitative estimate of drug-likeness (QED) is 0.554. The summed E-state index contributed by atoms with van der Waals surface area (Å²) in [6, 6.07) is 15.5. The second-order valence-electron chi connectivity index (χ2n) is 7.62. The van der Waals surface area contributed by atoms with Gasteiger partial charge in [-0.1, -0.05) is 30.3 Å². The molecule has 3 heterocycles. The van der Waals surface area contributed by atoms with Crippen molar-refractivity contribution in [1.29, 1.82) is 0 Å². The summed E-state index contributed by atoms with van der Waals surface area (Å²) >= 11 is 1.32. The number of rotatable bonds is 5. The number of carbonyl (C=O) groups is 1. The number of amides is 1. The average molecular weight is 518 g/mol. The van der Waals surface area contributed by atoms with E-state index in [0.29, 0.717) is 42.7 Å². The second kappa shape index (κ2) is 12.3. The first-order valence-electron chi connectivity index (χ1n) is 11.2. The lowest BCUT2D eigenvalue weighted by molar-refractivity contribution is -0.0334. The third kappa shape index (κ3) is 6.94. The van der Waals surface area contributed by atoms with Crippen LogP contribution < -0.4 is 5.32 Å². The third-order valence-electron chi connectivity index (χ3n) is 5.26. The van der Waals surface area contributed by atoms with Crippen molar-refractivity contribution in [3.8, 4) is 11.3 Å². The van der Waals surface area contributed by atoms with Gasteiger partial charge in [0.05, 0.1) is 50.2 Å². The van der Waals surface area contributed by atoms with E-state index in [-0.39, 0.29) is 10.8 Å². The van der Waals surface area contributed by atoms with Crippen LogP contribution in [0.1, 0.15) is 10.4 Å². The van der Waals surface area contributed by atoms with Crippen molar-refractivity contribution in [3.63, 3.8) is 0 Å². The molecule has 2 aromatic carbocycles. The van der Waals surface area contributed by atoms with Crippen LogP contribution in [0.25, 0.3) is 11.3 Å². The minimum atomic E-state index is -3.52. The van der Waals surface area contributed by atoms with Crippen molar-refractivity contribution < 1.29 is 27.4 Å². The van der Waals surface area contributed by atoms with Crippen molar-refractivity contribution in [3.05, 3.63) is 65.5 Å². The van der Waals surface area contributed by atoms with Gasteiger partial charge in [-0.25, -0.2) is 13.4 Å². The van der Waals surface area contributed by atoms with Gasteiger partial charge in [-0.05, 0) is 24.3 Å². The minimum absolute atomic E-state index is 0.224. The number of thiazole rings is 1. The first kappa shape index (κ1) is 25.4. The molecule has 2 saturated heterocycles. The number of ether oxygens (including phenoxy) is 3. The molecule has 2 fully saturated rings. The van der Waals surface area contributed by atoms with Gasteiger partial charge in [0.2, 0.25) is 10.0 Å². The Bertz CT molecular complexity index is 1180. The van der Waals surface area contributed by atoms with Crippen LogP contribution >= 0.6 is 11.3 Å². The van der Waals surface area contributed by atoms with E-state index >= 15 is 0 Å². The van der Waals surface area contributed by atoms with Crippen molar-refractivity contribution in [2.24, 2.45) is 0 Å². The Morgan fingerprint density at radius 3 is 2.06 bits per heavy atom. The third-order valence-corrected chi connectivity index (χ3v) is 7.93. The van der Waals surface area contributed by atoms with Gasteiger partial charge < -0.3 is 14.2 Å². The predicted molar refractivity (Wildman–Crippen MR) is 133 cm³/mol. The molecule has 0 aliphatic carbocycles. The lowest BCUT2D eigenvalue weighted by Gasteiger charge is -2.26. The zero-order chi connectivity index (χ0) is 24.5. The van der Waals surface area contributed by atoms with E-state index in [1.54, 1.807) is 48.5 Å². The highest BCUT2D eigenvalue weighted by molar-refractivity contribution is 7.89. The molecule has 0 radical (unpaired) electrons. The SMILES string of the molecule is C1COCCO1.O=C(Nc1nc(-c2ccc(S(=O)(=O)N3CCOCC3)cc2)cs1)c1ccccc1. The number of hydrogen-bond donors (Lipinski definition) is 1. The maximum atomic E-state index is 12.7. The number of aromatic nitrogens is 1. The first-order valence-corrected chi connectivity index (χ1v) is 13.5. The summed E-state index contributed by atoms with van der Waals surface area (Å²) in [6.07, 6.45) is 0. The van der Waals surface area contributed by atoms with Gasteiger partial charge in [-0.2, -0.15) is 4.31 Å². The van der Waals surface area contributed by atoms with Gasteiger partial charge in [0.15, 0.2) is 5.13 Å². The van der Waals surface area contributed by atoms with Crippen molar-refractivity contribution in [1.82, 2.24) is 9.29 Å². The van der Waals surface area contributed by atoms with Crippen LogP contribution in [0.5, 0.6) is 0 Å². The molecule has 35 heavy (non-hydrogen) atoms. The van der Waals surface area contributed by atoms with E-state index in [4.69, 9.17) is 14.2 Å². The zero-order valence-corrected chi connectivity index (χ0v) is 20.7. The van der Waals surface area contributed by atoms with E-state index in [0.717, 1.165) is 32.0 Å². The van der Waals surface area contributed by atoms with E-state index in [9.17, 15) is 13.2 Å². The summed E-state index contributed by atoms with van der Waals surface area (Å²) in [5.41, 5.74) is 2.01. The summed E-state index contributed by atoms with van der Waals surface area (Å²) in [4.78, 5) is 16.9. The van der Waals surface area contributed by atoms with Gasteiger partial charge in [0.25, 0.3) is 5.91 Å². The molecule has 2 aliphatic rings. The number of nitrogens with zero attached hydrogens (tertiary/aromatic N) is 2. The summed E-state index contributed by atoms with van der Waals surface area (Å²) in [5.74, 6) is -0.224. The maximum Gasteiger partial charge on any atom is 0.257 e. The predicted octanol–water partition coefficient (Wildman–Crippen LogP) is 3.12. The van der Waals surface area contributed by atoms with Crippen LogP contribution in [0, 0.1) is 0 Å². The fourth-order valence-electron chi connectivity index (χ4n) is 3.40. The van der Waals surface area contributed by atoms with Crippen LogP contribution in [-0.4, -0.2) is 76.3 Å². The van der Waals surface area contributed by atoms with E-state index in [1.165, 1.54) is 15.6 Å². The molecule has 0 atom stereocenters. The van der Waals surface area contributed by atoms with Crippen LogP contribution in [0.15, 0.2) is 64.9 Å². The molecule has 1 aromatic heterocycles. The molecule has 3 aromatic rings. The largest absolute Gasteiger partial charge is 0.379 e. The molecular formula is C24H27N3O6S2. The number of nitrogens with one attached hydrogen (secondary N) is 1. The highest BCUT2D eigenvalue weighted by atomic mass is 32.2. The van der Waals surface area contributed by atoms with Gasteiger partial charge >= 0.3 is 0 Å². The highest BCUT2D eigenvalue weighted by Gasteiger charge is 2.26. The van der Waals surface area contributed by atoms with E-state index in [2.05, 4.69) is 10.3 Å². The molecule has 11 heteroatoms. The molecule has 2 aliphatic heterocycles. The van der Waals surface area contributed by atoms with Gasteiger partial charge in [-0.3, -0.25) is 10.1 Å². The Kier molecular flexibility index (Phi) is 8.96. The van der Waals surface area contributed by atoms with Crippen LogP contribution in [0.3, 0.4) is 0 Å². The lowest BCUT2D eigenvalue weighted by atomic mass is 10.2. The molecule has 9 nitrogen and oxygen atoms in total. The second-order valence-corrected chi connectivity index (χ2v) is 10.4. The molecule has 0 bridgehead atoms. The van der Waals surface area contributed by atoms with Crippen LogP contribution in [-0.2, 0) is 24.2 Å². The van der Waals surface area contributed by atoms with Gasteiger partial charge in [-0.15, -0.1) is 11.3 Å². The number of morpholine rings is 1. The highest BCUT2D eigenvalue weighted by Crippen LogP contribution is 2.27. The number of sulfonamides is 1. The summed E-state index contributed by atoms with van der Waals surface area (Å²) in [5, 5.41) is 5.09. The minimum Gasteiger partial charge on any atom is -0.379 e. The van der Waals surface area contributed by atoms with Crippen LogP contribution in [0.4, 0.5) is 5.13 Å². The number of benzene rings is 2. The maximum absolute atomic E-state index is 12.7. The van der Waals surface area contributed by atoms with Gasteiger partial charge in [0, 0.05) is 29.6 Å². The van der Waals surface area contributed by atoms with Crippen molar-refractivity contribution in [2.75, 3.05) is 58.0 Å². The monoisotopic (exact) mass is 517 g/mol. The Hall–Kier alpha value is -2.67. The molecule has 5 rings (SSSR count). The standard InChI is InChI=1S/C20H19N3O4S2.C4H8O2/c24-19(16-4-2-1-3-5-16)22-20-21-18(14-28-20)15-6-8-17(9-7-15)29(25,26)23-10-12-27-13-11-23;1-2-6-4-3-5-1/h1-9,14H,10-13H2,(H,21,22,24);1-4H2. The van der Waals surface area contributed by atoms with Crippen molar-refractivity contribution >= 4 is 32.4 Å². The topological polar surface area (TPSA) is 107 Å². The summed E-state index contributed by atoms with van der Waals surface area (Å²) in [7, 11) is -3.52. The Labute approximate surface area is 208 Å². The van der Waals surface area contributed by atoms with E-state index < -0.39 is 10.0 Å². The molecule has 1 N–H and O–H groups in total. The normalized spacial score (nSPS) is 16.7. The Balaban J connectivity index is 0.000000421. The van der Waals surface area contributed by atoms with Crippen molar-refractivity contribution in [2.45, 2.75) is 4.90 Å². The zero-order valence-electron chi connectivity index (χ0n) is 19.1. The van der Waals surface area contributed by atoms with Gasteiger partial charge in [0.1, 0.15) is 0 Å². The number of hydrogen-bond acceptors (Lipinski definition) is 8. The van der Waals surface area contributed by atoms with E-state index in [1.807, 2.05) is 11.4 Å². The molecule has 186 valence electrons. The fourth-order valence-corrected chi connectivity index (χ4v) is 5.52. The smallest absolute Gasteiger partial charge is 0.257 e. The molecule has 0 saturated carbocycles. The fraction of sp³-hybridized carbons (Fsp3) is 0.333. The Morgan fingerprint density at radius 1 is 0.857 bits per heavy atom. The first-order chi connectivity index (χ1) is 17.0. The number of anilines is 1.